The van der Waals surface area contributed by atoms with Gasteiger partial charge in [-0.2, -0.15) is 0 Å². The average molecular weight is 563 g/mol. The average Bonchev–Trinajstić information content (AvgIpc) is 3.37. The predicted octanol–water partition coefficient (Wildman–Crippen LogP) is 5.72. The summed E-state index contributed by atoms with van der Waals surface area (Å²) in [6.07, 6.45) is 1.59. The summed E-state index contributed by atoms with van der Waals surface area (Å²) >= 11 is 1.02. The molecule has 5 aromatic rings. The molecule has 0 saturated carbocycles. The first-order valence-corrected chi connectivity index (χ1v) is 14.1. The van der Waals surface area contributed by atoms with Crippen molar-refractivity contribution in [3.63, 3.8) is 0 Å². The SMILES string of the molecule is CNc1ccc2c(=O)n(-c3ccc(NC(=O)NS(=O)(=O)c4ccc(C)s4)cc3F)cc(-c3ccccc3)c2c1. The maximum atomic E-state index is 15.4. The highest BCUT2D eigenvalue weighted by atomic mass is 32.2. The number of carbonyl (C=O) groups excluding carboxylic acids is 1. The summed E-state index contributed by atoms with van der Waals surface area (Å²) in [5.41, 5.74) is 1.99. The van der Waals surface area contributed by atoms with Crippen molar-refractivity contribution in [3.05, 3.63) is 106 Å². The maximum absolute atomic E-state index is 15.4. The second kappa shape index (κ2) is 10.4. The van der Waals surface area contributed by atoms with E-state index in [2.05, 4.69) is 10.6 Å². The van der Waals surface area contributed by atoms with Crippen LogP contribution >= 0.6 is 11.3 Å². The van der Waals surface area contributed by atoms with Gasteiger partial charge in [0.05, 0.1) is 5.69 Å². The fourth-order valence-corrected chi connectivity index (χ4v) is 6.38. The van der Waals surface area contributed by atoms with Crippen LogP contribution in [0.1, 0.15) is 4.88 Å². The van der Waals surface area contributed by atoms with Crippen molar-refractivity contribution in [3.8, 4) is 16.8 Å². The molecule has 5 rings (SSSR count). The number of pyridine rings is 1. The van der Waals surface area contributed by atoms with Gasteiger partial charge in [-0.1, -0.05) is 30.3 Å². The first kappa shape index (κ1) is 26.1. The Morgan fingerprint density at radius 3 is 2.33 bits per heavy atom. The molecule has 2 amide bonds. The van der Waals surface area contributed by atoms with E-state index >= 15 is 4.39 Å². The number of rotatable bonds is 6. The molecule has 3 N–H and O–H groups in total. The Morgan fingerprint density at radius 2 is 1.67 bits per heavy atom. The minimum atomic E-state index is -4.07. The summed E-state index contributed by atoms with van der Waals surface area (Å²) in [6, 6.07) is 20.6. The van der Waals surface area contributed by atoms with E-state index in [4.69, 9.17) is 0 Å². The van der Waals surface area contributed by atoms with Crippen LogP contribution in [0.25, 0.3) is 27.6 Å². The van der Waals surface area contributed by atoms with Crippen molar-refractivity contribution in [2.75, 3.05) is 17.7 Å². The number of thiophene rings is 1. The van der Waals surface area contributed by atoms with E-state index in [1.54, 1.807) is 38.4 Å². The zero-order valence-corrected chi connectivity index (χ0v) is 22.5. The summed E-state index contributed by atoms with van der Waals surface area (Å²) in [4.78, 5) is 26.6. The van der Waals surface area contributed by atoms with Crippen molar-refractivity contribution in [2.24, 2.45) is 0 Å². The number of hydrogen-bond acceptors (Lipinski definition) is 6. The number of hydrogen-bond donors (Lipinski definition) is 3. The molecular formula is C28H23FN4O4S2. The van der Waals surface area contributed by atoms with E-state index in [1.165, 1.54) is 22.8 Å². The van der Waals surface area contributed by atoms with Crippen LogP contribution in [0.4, 0.5) is 20.6 Å². The third kappa shape index (κ3) is 5.27. The van der Waals surface area contributed by atoms with Crippen LogP contribution in [-0.2, 0) is 10.0 Å². The van der Waals surface area contributed by atoms with Crippen molar-refractivity contribution in [2.45, 2.75) is 11.1 Å². The number of sulfonamides is 1. The number of aromatic nitrogens is 1. The number of halogens is 1. The van der Waals surface area contributed by atoms with E-state index in [0.717, 1.165) is 39.1 Å². The Bertz CT molecular complexity index is 1880. The van der Waals surface area contributed by atoms with E-state index < -0.39 is 27.4 Å². The number of nitrogens with zero attached hydrogens (tertiary/aromatic N) is 1. The number of fused-ring (bicyclic) bond motifs is 1. The molecule has 0 saturated heterocycles. The van der Waals surface area contributed by atoms with Crippen LogP contribution in [0.5, 0.6) is 0 Å². The van der Waals surface area contributed by atoms with Gasteiger partial charge in [0.25, 0.3) is 15.6 Å². The first-order valence-electron chi connectivity index (χ1n) is 11.8. The fourth-order valence-electron chi connectivity index (χ4n) is 4.19. The third-order valence-corrected chi connectivity index (χ3v) is 8.89. The second-order valence-electron chi connectivity index (χ2n) is 8.69. The minimum absolute atomic E-state index is 0.0107. The smallest absolute Gasteiger partial charge is 0.333 e. The number of amides is 2. The van der Waals surface area contributed by atoms with Crippen LogP contribution in [0.15, 0.2) is 94.1 Å². The molecule has 0 aliphatic heterocycles. The second-order valence-corrected chi connectivity index (χ2v) is 11.9. The minimum Gasteiger partial charge on any atom is -0.388 e. The van der Waals surface area contributed by atoms with Crippen LogP contribution in [0.2, 0.25) is 0 Å². The van der Waals surface area contributed by atoms with Crippen molar-refractivity contribution < 1.29 is 17.6 Å². The summed E-state index contributed by atoms with van der Waals surface area (Å²) in [7, 11) is -2.28. The molecule has 39 heavy (non-hydrogen) atoms. The molecule has 11 heteroatoms. The van der Waals surface area contributed by atoms with Gasteiger partial charge in [0, 0.05) is 40.4 Å². The molecule has 0 atom stereocenters. The molecule has 198 valence electrons. The van der Waals surface area contributed by atoms with Crippen LogP contribution in [-0.4, -0.2) is 26.1 Å². The highest BCUT2D eigenvalue weighted by Crippen LogP contribution is 2.30. The lowest BCUT2D eigenvalue weighted by Gasteiger charge is -2.15. The Morgan fingerprint density at radius 1 is 0.923 bits per heavy atom. The number of benzene rings is 3. The Balaban J connectivity index is 1.50. The molecule has 0 spiro atoms. The summed E-state index contributed by atoms with van der Waals surface area (Å²) in [6.45, 7) is 1.75. The zero-order valence-electron chi connectivity index (χ0n) is 20.9. The molecule has 2 aromatic heterocycles. The maximum Gasteiger partial charge on any atom is 0.333 e. The molecule has 8 nitrogen and oxygen atoms in total. The van der Waals surface area contributed by atoms with Gasteiger partial charge in [0.2, 0.25) is 0 Å². The van der Waals surface area contributed by atoms with Gasteiger partial charge in [-0.3, -0.25) is 9.36 Å². The van der Waals surface area contributed by atoms with Gasteiger partial charge in [-0.05, 0) is 66.4 Å². The lowest BCUT2D eigenvalue weighted by atomic mass is 10.00. The van der Waals surface area contributed by atoms with Crippen LogP contribution in [0, 0.1) is 12.7 Å². The quantitative estimate of drug-likeness (QED) is 0.245. The molecule has 0 unspecified atom stereocenters. The molecule has 0 bridgehead atoms. The topological polar surface area (TPSA) is 109 Å². The van der Waals surface area contributed by atoms with E-state index in [1.807, 2.05) is 41.1 Å². The van der Waals surface area contributed by atoms with E-state index in [9.17, 15) is 18.0 Å². The molecule has 3 aromatic carbocycles. The normalized spacial score (nSPS) is 11.4. The third-order valence-electron chi connectivity index (χ3n) is 6.06. The van der Waals surface area contributed by atoms with Gasteiger partial charge in [-0.25, -0.2) is 22.3 Å². The highest BCUT2D eigenvalue weighted by Gasteiger charge is 2.20. The van der Waals surface area contributed by atoms with Gasteiger partial charge >= 0.3 is 6.03 Å². The van der Waals surface area contributed by atoms with E-state index in [-0.39, 0.29) is 15.6 Å². The summed E-state index contributed by atoms with van der Waals surface area (Å²) < 4.78 is 43.3. The number of carbonyl (C=O) groups is 1. The van der Waals surface area contributed by atoms with Crippen LogP contribution < -0.4 is 20.9 Å². The van der Waals surface area contributed by atoms with Gasteiger partial charge in [-0.15, -0.1) is 11.3 Å². The standard InChI is InChI=1S/C28H23FN4O4S2/c1-17-8-13-26(38-17)39(36,37)32-28(35)31-20-10-12-25(24(29)15-20)33-16-23(18-6-4-3-5-7-18)22-14-19(30-2)9-11-21(22)27(33)34/h3-16,30H,1-2H3,(H2,31,32,35). The van der Waals surface area contributed by atoms with Crippen molar-refractivity contribution >= 4 is 49.5 Å². The largest absolute Gasteiger partial charge is 0.388 e. The van der Waals surface area contributed by atoms with E-state index in [0.29, 0.717) is 10.8 Å². The lowest BCUT2D eigenvalue weighted by Crippen LogP contribution is -2.34. The number of aryl methyl sites for hydroxylation is 1. The monoisotopic (exact) mass is 562 g/mol. The van der Waals surface area contributed by atoms with Crippen molar-refractivity contribution in [1.29, 1.82) is 0 Å². The molecule has 2 heterocycles. The predicted molar refractivity (Wildman–Crippen MR) is 153 cm³/mol. The van der Waals surface area contributed by atoms with Gasteiger partial charge < -0.3 is 10.6 Å². The molecule has 0 aliphatic rings. The first-order chi connectivity index (χ1) is 18.7. The number of nitrogens with one attached hydrogen (secondary N) is 3. The number of anilines is 2. The Hall–Kier alpha value is -4.48. The summed E-state index contributed by atoms with van der Waals surface area (Å²) in [5.74, 6) is -0.781. The van der Waals surface area contributed by atoms with Crippen molar-refractivity contribution in [1.82, 2.24) is 9.29 Å². The molecular weight excluding hydrogens is 539 g/mol. The Kier molecular flexibility index (Phi) is 6.94. The molecule has 0 aliphatic carbocycles. The highest BCUT2D eigenvalue weighted by molar-refractivity contribution is 7.92. The zero-order chi connectivity index (χ0) is 27.7. The Labute approximate surface area is 227 Å². The molecule has 0 fully saturated rings. The lowest BCUT2D eigenvalue weighted by molar-refractivity contribution is 0.256. The fraction of sp³-hybridized carbons (Fsp3) is 0.0714. The van der Waals surface area contributed by atoms with Gasteiger partial charge in [0.15, 0.2) is 0 Å². The summed E-state index contributed by atoms with van der Waals surface area (Å²) in [5, 5.41) is 6.52. The van der Waals surface area contributed by atoms with Gasteiger partial charge in [0.1, 0.15) is 10.0 Å². The molecule has 0 radical (unpaired) electrons. The number of urea groups is 1. The van der Waals surface area contributed by atoms with Crippen LogP contribution in [0.3, 0.4) is 0 Å².